The number of amides is 1. The van der Waals surface area contributed by atoms with Gasteiger partial charge in [0.2, 0.25) is 5.91 Å². The minimum absolute atomic E-state index is 0.231. The topological polar surface area (TPSA) is 63.3 Å². The Hall–Kier alpha value is -2.07. The fourth-order valence-corrected chi connectivity index (χ4v) is 3.17. The van der Waals surface area contributed by atoms with Crippen LogP contribution in [0.2, 0.25) is 0 Å². The number of aromatic hydroxyl groups is 1. The Balaban J connectivity index is 2.11. The predicted octanol–water partition coefficient (Wildman–Crippen LogP) is 3.51. The molecule has 0 aliphatic carbocycles. The Kier molecular flexibility index (Phi) is 4.25. The summed E-state index contributed by atoms with van der Waals surface area (Å²) in [7, 11) is 0. The minimum atomic E-state index is -0.391. The average molecular weight is 287 g/mol. The van der Waals surface area contributed by atoms with E-state index in [9.17, 15) is 9.90 Å². The van der Waals surface area contributed by atoms with Gasteiger partial charge in [0.15, 0.2) is 0 Å². The summed E-state index contributed by atoms with van der Waals surface area (Å²) in [4.78, 5) is 13.4. The maximum Gasteiger partial charge on any atom is 0.249 e. The molecule has 0 bridgehead atoms. The van der Waals surface area contributed by atoms with E-state index in [0.29, 0.717) is 18.4 Å². The van der Waals surface area contributed by atoms with Crippen molar-refractivity contribution in [2.75, 3.05) is 0 Å². The van der Waals surface area contributed by atoms with Gasteiger partial charge in [0, 0.05) is 15.3 Å². The maximum atomic E-state index is 11.4. The van der Waals surface area contributed by atoms with E-state index in [4.69, 9.17) is 5.73 Å². The number of phenols is 1. The van der Waals surface area contributed by atoms with Gasteiger partial charge in [0.25, 0.3) is 0 Å². The number of nitrogens with two attached hydrogens (primary N) is 1. The molecule has 3 nitrogen and oxygen atoms in total. The molecule has 1 amide bonds. The van der Waals surface area contributed by atoms with Crippen LogP contribution < -0.4 is 5.73 Å². The lowest BCUT2D eigenvalue weighted by Gasteiger charge is -2.08. The lowest BCUT2D eigenvalue weighted by atomic mass is 10.0. The summed E-state index contributed by atoms with van der Waals surface area (Å²) >= 11 is 1.58. The zero-order valence-corrected chi connectivity index (χ0v) is 12.2. The van der Waals surface area contributed by atoms with Gasteiger partial charge in [0.1, 0.15) is 5.75 Å². The zero-order chi connectivity index (χ0) is 14.7. The number of para-hydroxylation sites is 1. The molecule has 2 aromatic rings. The highest BCUT2D eigenvalue weighted by molar-refractivity contribution is 7.12. The number of carbonyl (C=O) groups excluding carboxylic acids is 1. The van der Waals surface area contributed by atoms with Gasteiger partial charge < -0.3 is 10.8 Å². The number of thiophene rings is 1. The first-order valence-electron chi connectivity index (χ1n) is 6.34. The van der Waals surface area contributed by atoms with Gasteiger partial charge in [-0.1, -0.05) is 24.8 Å². The third-order valence-electron chi connectivity index (χ3n) is 3.14. The molecule has 0 spiro atoms. The van der Waals surface area contributed by atoms with Gasteiger partial charge in [-0.3, -0.25) is 4.79 Å². The number of hydrogen-bond acceptors (Lipinski definition) is 3. The molecule has 4 heteroatoms. The van der Waals surface area contributed by atoms with Crippen molar-refractivity contribution in [2.24, 2.45) is 5.73 Å². The van der Waals surface area contributed by atoms with Crippen LogP contribution in [0.4, 0.5) is 0 Å². The van der Waals surface area contributed by atoms with Crippen LogP contribution in [0.15, 0.2) is 36.9 Å². The van der Waals surface area contributed by atoms with Gasteiger partial charge in [-0.05, 0) is 37.5 Å². The fraction of sp³-hybridized carbons (Fsp3) is 0.188. The van der Waals surface area contributed by atoms with E-state index in [0.717, 1.165) is 20.9 Å². The molecule has 3 N–H and O–H groups in total. The van der Waals surface area contributed by atoms with Gasteiger partial charge >= 0.3 is 0 Å². The molecule has 1 aromatic heterocycles. The smallest absolute Gasteiger partial charge is 0.249 e. The number of aryl methyl sites for hydroxylation is 2. The number of rotatable bonds is 5. The first-order valence-corrected chi connectivity index (χ1v) is 7.16. The van der Waals surface area contributed by atoms with E-state index in [-0.39, 0.29) is 5.75 Å². The van der Waals surface area contributed by atoms with E-state index in [1.807, 2.05) is 25.1 Å². The Bertz CT molecular complexity index is 658. The summed E-state index contributed by atoms with van der Waals surface area (Å²) in [5, 5.41) is 9.79. The van der Waals surface area contributed by atoms with Gasteiger partial charge in [-0.25, -0.2) is 0 Å². The number of hydrogen-bond donors (Lipinski definition) is 2. The summed E-state index contributed by atoms with van der Waals surface area (Å²) in [6.07, 6.45) is 1.38. The van der Waals surface area contributed by atoms with Crippen LogP contribution in [-0.4, -0.2) is 11.0 Å². The molecule has 104 valence electrons. The molecule has 0 aliphatic heterocycles. The molecular weight excluding hydrogens is 270 g/mol. The molecule has 0 unspecified atom stereocenters. The Morgan fingerprint density at radius 1 is 1.35 bits per heavy atom. The van der Waals surface area contributed by atoms with Crippen molar-refractivity contribution in [3.05, 3.63) is 57.8 Å². The fourth-order valence-electron chi connectivity index (χ4n) is 2.13. The second-order valence-electron chi connectivity index (χ2n) is 4.68. The van der Waals surface area contributed by atoms with Gasteiger partial charge in [-0.15, -0.1) is 11.3 Å². The normalized spacial score (nSPS) is 10.4. The van der Waals surface area contributed by atoms with Crippen LogP contribution in [0.1, 0.15) is 32.1 Å². The number of primary amides is 1. The lowest BCUT2D eigenvalue weighted by molar-refractivity contribution is 0.1000. The quantitative estimate of drug-likeness (QED) is 0.884. The van der Waals surface area contributed by atoms with E-state index in [1.54, 1.807) is 23.5 Å². The first-order chi connectivity index (χ1) is 9.49. The van der Waals surface area contributed by atoms with Crippen molar-refractivity contribution in [1.29, 1.82) is 0 Å². The Morgan fingerprint density at radius 3 is 2.70 bits per heavy atom. The second-order valence-corrected chi connectivity index (χ2v) is 6.02. The largest absolute Gasteiger partial charge is 0.507 e. The first kappa shape index (κ1) is 14.3. The summed E-state index contributed by atoms with van der Waals surface area (Å²) in [5.74, 6) is -0.160. The molecule has 0 atom stereocenters. The molecule has 0 saturated heterocycles. The molecule has 1 aromatic carbocycles. The zero-order valence-electron chi connectivity index (χ0n) is 11.3. The molecule has 20 heavy (non-hydrogen) atoms. The van der Waals surface area contributed by atoms with Crippen molar-refractivity contribution < 1.29 is 9.90 Å². The molecule has 2 rings (SSSR count). The van der Waals surface area contributed by atoms with Crippen LogP contribution in [0, 0.1) is 6.92 Å². The van der Waals surface area contributed by atoms with E-state index in [2.05, 4.69) is 6.58 Å². The molecule has 0 fully saturated rings. The van der Waals surface area contributed by atoms with Crippen molar-refractivity contribution in [3.63, 3.8) is 0 Å². The Labute approximate surface area is 122 Å². The number of phenolic OH excluding ortho intramolecular Hbond substituents is 1. The van der Waals surface area contributed by atoms with Gasteiger partial charge in [-0.2, -0.15) is 0 Å². The van der Waals surface area contributed by atoms with Gasteiger partial charge in [0.05, 0.1) is 5.56 Å². The van der Waals surface area contributed by atoms with Crippen molar-refractivity contribution >= 4 is 22.8 Å². The predicted molar refractivity (Wildman–Crippen MR) is 83.0 cm³/mol. The third kappa shape index (κ3) is 3.08. The second kappa shape index (κ2) is 5.92. The van der Waals surface area contributed by atoms with Crippen LogP contribution in [-0.2, 0) is 6.42 Å². The molecule has 1 heterocycles. The number of allylic oxidation sites excluding steroid dienone is 1. The van der Waals surface area contributed by atoms with Crippen molar-refractivity contribution in [3.8, 4) is 5.75 Å². The molecule has 0 saturated carbocycles. The number of carbonyl (C=O) groups is 1. The SMILES string of the molecule is C=C(CCc1sc(C)cc1C(N)=O)c1ccccc1O. The summed E-state index contributed by atoms with van der Waals surface area (Å²) < 4.78 is 0. The van der Waals surface area contributed by atoms with Crippen LogP contribution in [0.5, 0.6) is 5.75 Å². The minimum Gasteiger partial charge on any atom is -0.507 e. The maximum absolute atomic E-state index is 11.4. The molecule has 0 aliphatic rings. The van der Waals surface area contributed by atoms with Crippen LogP contribution in [0.25, 0.3) is 5.57 Å². The summed E-state index contributed by atoms with van der Waals surface area (Å²) in [6.45, 7) is 5.97. The summed E-state index contributed by atoms with van der Waals surface area (Å²) in [5.41, 5.74) is 7.57. The highest BCUT2D eigenvalue weighted by atomic mass is 32.1. The number of benzene rings is 1. The van der Waals surface area contributed by atoms with E-state index in [1.165, 1.54) is 0 Å². The van der Waals surface area contributed by atoms with E-state index >= 15 is 0 Å². The lowest BCUT2D eigenvalue weighted by Crippen LogP contribution is -2.11. The summed E-state index contributed by atoms with van der Waals surface area (Å²) in [6, 6.07) is 8.95. The molecular formula is C16H17NO2S. The highest BCUT2D eigenvalue weighted by Gasteiger charge is 2.13. The average Bonchev–Trinajstić information content (AvgIpc) is 2.78. The van der Waals surface area contributed by atoms with Crippen molar-refractivity contribution in [2.45, 2.75) is 19.8 Å². The highest BCUT2D eigenvalue weighted by Crippen LogP contribution is 2.29. The molecule has 0 radical (unpaired) electrons. The monoisotopic (exact) mass is 287 g/mol. The standard InChI is InChI=1S/C16H17NO2S/c1-10(12-5-3-4-6-14(12)18)7-8-15-13(16(17)19)9-11(2)20-15/h3-6,9,18H,1,7-8H2,2H3,(H2,17,19). The third-order valence-corrected chi connectivity index (χ3v) is 4.25. The Morgan fingerprint density at radius 2 is 2.05 bits per heavy atom. The van der Waals surface area contributed by atoms with Crippen molar-refractivity contribution in [1.82, 2.24) is 0 Å². The van der Waals surface area contributed by atoms with Crippen LogP contribution in [0.3, 0.4) is 0 Å². The van der Waals surface area contributed by atoms with Crippen LogP contribution >= 0.6 is 11.3 Å². The van der Waals surface area contributed by atoms with E-state index < -0.39 is 5.91 Å².